The van der Waals surface area contributed by atoms with Crippen LogP contribution < -0.4 is 4.72 Å². The lowest BCUT2D eigenvalue weighted by molar-refractivity contribution is 0.593. The third-order valence-corrected chi connectivity index (χ3v) is 3.90. The fourth-order valence-corrected chi connectivity index (χ4v) is 2.80. The minimum absolute atomic E-state index is 0.109. The SMILES string of the molecule is Cc1cccc(NS(=O)(=O)c2cccc(F)c2C#N)n1. The van der Waals surface area contributed by atoms with E-state index in [0.29, 0.717) is 5.69 Å². The van der Waals surface area contributed by atoms with Crippen LogP contribution in [0, 0.1) is 24.1 Å². The molecule has 7 heteroatoms. The normalized spacial score (nSPS) is 10.8. The number of nitrogens with one attached hydrogen (secondary N) is 1. The Labute approximate surface area is 115 Å². The smallest absolute Gasteiger partial charge is 0.263 e. The molecule has 0 aliphatic carbocycles. The van der Waals surface area contributed by atoms with Crippen LogP contribution in [0.1, 0.15) is 11.3 Å². The number of hydrogen-bond donors (Lipinski definition) is 1. The van der Waals surface area contributed by atoms with Crippen molar-refractivity contribution in [3.63, 3.8) is 0 Å². The monoisotopic (exact) mass is 291 g/mol. The van der Waals surface area contributed by atoms with E-state index >= 15 is 0 Å². The predicted molar refractivity (Wildman–Crippen MR) is 70.9 cm³/mol. The molecular weight excluding hydrogens is 281 g/mol. The molecule has 0 aliphatic heterocycles. The highest BCUT2D eigenvalue weighted by Gasteiger charge is 2.21. The second kappa shape index (κ2) is 5.27. The molecule has 0 fully saturated rings. The average Bonchev–Trinajstić information content (AvgIpc) is 2.38. The molecule has 0 amide bonds. The molecule has 5 nitrogen and oxygen atoms in total. The lowest BCUT2D eigenvalue weighted by Gasteiger charge is -2.09. The van der Waals surface area contributed by atoms with Crippen molar-refractivity contribution in [1.82, 2.24) is 4.98 Å². The standard InChI is InChI=1S/C13H10FN3O2S/c1-9-4-2-7-13(16-9)17-20(18,19)12-6-3-5-11(14)10(12)8-15/h2-7H,1H3,(H,16,17). The molecule has 2 aromatic rings. The maximum absolute atomic E-state index is 13.5. The third kappa shape index (κ3) is 2.75. The van der Waals surface area contributed by atoms with Gasteiger partial charge in [0.25, 0.3) is 10.0 Å². The van der Waals surface area contributed by atoms with Crippen molar-refractivity contribution in [1.29, 1.82) is 5.26 Å². The largest absolute Gasteiger partial charge is 0.264 e. The van der Waals surface area contributed by atoms with E-state index in [2.05, 4.69) is 9.71 Å². The summed E-state index contributed by atoms with van der Waals surface area (Å²) >= 11 is 0. The average molecular weight is 291 g/mol. The number of sulfonamides is 1. The molecule has 2 rings (SSSR count). The number of aromatic nitrogens is 1. The Bertz CT molecular complexity index is 798. The first-order chi connectivity index (χ1) is 9.44. The Balaban J connectivity index is 2.47. The van der Waals surface area contributed by atoms with Gasteiger partial charge in [0.05, 0.1) is 0 Å². The Hall–Kier alpha value is -2.46. The first-order valence-corrected chi connectivity index (χ1v) is 7.07. The van der Waals surface area contributed by atoms with Crippen LogP contribution in [-0.4, -0.2) is 13.4 Å². The molecule has 20 heavy (non-hydrogen) atoms. The molecule has 0 saturated carbocycles. The summed E-state index contributed by atoms with van der Waals surface area (Å²) < 4.78 is 40.0. The fraction of sp³-hybridized carbons (Fsp3) is 0.0769. The molecule has 0 unspecified atom stereocenters. The van der Waals surface area contributed by atoms with Crippen LogP contribution in [0.5, 0.6) is 0 Å². The Kier molecular flexibility index (Phi) is 3.68. The van der Waals surface area contributed by atoms with Crippen molar-refractivity contribution in [2.24, 2.45) is 0 Å². The van der Waals surface area contributed by atoms with Crippen molar-refractivity contribution < 1.29 is 12.8 Å². The molecule has 1 heterocycles. The highest BCUT2D eigenvalue weighted by Crippen LogP contribution is 2.20. The molecule has 0 saturated heterocycles. The van der Waals surface area contributed by atoms with Crippen LogP contribution in [0.2, 0.25) is 0 Å². The van der Waals surface area contributed by atoms with Crippen LogP contribution in [0.15, 0.2) is 41.3 Å². The first-order valence-electron chi connectivity index (χ1n) is 5.59. The fourth-order valence-electron chi connectivity index (χ4n) is 1.63. The van der Waals surface area contributed by atoms with Crippen molar-refractivity contribution in [3.05, 3.63) is 53.5 Å². The lowest BCUT2D eigenvalue weighted by Crippen LogP contribution is -2.16. The summed E-state index contributed by atoms with van der Waals surface area (Å²) in [5.41, 5.74) is 0.109. The molecule has 0 spiro atoms. The number of aryl methyl sites for hydroxylation is 1. The van der Waals surface area contributed by atoms with E-state index in [-0.39, 0.29) is 5.82 Å². The van der Waals surface area contributed by atoms with Crippen molar-refractivity contribution in [2.45, 2.75) is 11.8 Å². The summed E-state index contributed by atoms with van der Waals surface area (Å²) in [4.78, 5) is 3.58. The zero-order valence-electron chi connectivity index (χ0n) is 10.5. The van der Waals surface area contributed by atoms with Gasteiger partial charge < -0.3 is 0 Å². The minimum Gasteiger partial charge on any atom is -0.263 e. The molecule has 102 valence electrons. The summed E-state index contributed by atoms with van der Waals surface area (Å²) in [6, 6.07) is 9.79. The van der Waals surface area contributed by atoms with Crippen LogP contribution in [0.3, 0.4) is 0 Å². The van der Waals surface area contributed by atoms with Gasteiger partial charge in [-0.15, -0.1) is 0 Å². The van der Waals surface area contributed by atoms with Crippen LogP contribution in [-0.2, 0) is 10.0 Å². The van der Waals surface area contributed by atoms with Crippen molar-refractivity contribution in [3.8, 4) is 6.07 Å². The number of nitriles is 1. The molecule has 0 atom stereocenters. The molecule has 0 radical (unpaired) electrons. The van der Waals surface area contributed by atoms with Gasteiger partial charge in [0, 0.05) is 5.69 Å². The van der Waals surface area contributed by atoms with Gasteiger partial charge in [0.2, 0.25) is 0 Å². The summed E-state index contributed by atoms with van der Waals surface area (Å²) in [6.07, 6.45) is 0. The predicted octanol–water partition coefficient (Wildman–Crippen LogP) is 2.20. The van der Waals surface area contributed by atoms with E-state index in [1.54, 1.807) is 25.1 Å². The number of pyridine rings is 1. The third-order valence-electron chi connectivity index (χ3n) is 2.50. The van der Waals surface area contributed by atoms with Gasteiger partial charge in [0.1, 0.15) is 28.2 Å². The molecule has 1 aromatic heterocycles. The maximum Gasteiger partial charge on any atom is 0.264 e. The molecular formula is C13H10FN3O2S. The van der Waals surface area contributed by atoms with Crippen molar-refractivity contribution in [2.75, 3.05) is 4.72 Å². The molecule has 0 aliphatic rings. The van der Waals surface area contributed by atoms with E-state index in [1.165, 1.54) is 18.2 Å². The van der Waals surface area contributed by atoms with Gasteiger partial charge in [-0.3, -0.25) is 4.72 Å². The van der Waals surface area contributed by atoms with Crippen LogP contribution >= 0.6 is 0 Å². The maximum atomic E-state index is 13.5. The van der Waals surface area contributed by atoms with E-state index in [9.17, 15) is 12.8 Å². The van der Waals surface area contributed by atoms with Crippen LogP contribution in [0.25, 0.3) is 0 Å². The molecule has 1 N–H and O–H groups in total. The number of rotatable bonds is 3. The number of anilines is 1. The quantitative estimate of drug-likeness (QED) is 0.939. The zero-order valence-corrected chi connectivity index (χ0v) is 11.3. The second-order valence-electron chi connectivity index (χ2n) is 3.99. The van der Waals surface area contributed by atoms with E-state index in [4.69, 9.17) is 5.26 Å². The highest BCUT2D eigenvalue weighted by atomic mass is 32.2. The molecule has 0 bridgehead atoms. The Morgan fingerprint density at radius 2 is 1.95 bits per heavy atom. The zero-order chi connectivity index (χ0) is 14.8. The van der Waals surface area contributed by atoms with E-state index in [1.807, 2.05) is 0 Å². The van der Waals surface area contributed by atoms with Gasteiger partial charge in [-0.2, -0.15) is 5.26 Å². The number of hydrogen-bond acceptors (Lipinski definition) is 4. The van der Waals surface area contributed by atoms with Crippen molar-refractivity contribution >= 4 is 15.8 Å². The lowest BCUT2D eigenvalue weighted by atomic mass is 10.2. The second-order valence-corrected chi connectivity index (χ2v) is 5.65. The van der Waals surface area contributed by atoms with Gasteiger partial charge in [0.15, 0.2) is 0 Å². The van der Waals surface area contributed by atoms with Gasteiger partial charge in [-0.25, -0.2) is 17.8 Å². The summed E-state index contributed by atoms with van der Waals surface area (Å²) in [7, 11) is -4.07. The summed E-state index contributed by atoms with van der Waals surface area (Å²) in [5, 5.41) is 8.87. The number of halogens is 1. The Morgan fingerprint density at radius 3 is 2.60 bits per heavy atom. The van der Waals surface area contributed by atoms with Gasteiger partial charge >= 0.3 is 0 Å². The van der Waals surface area contributed by atoms with E-state index in [0.717, 1.165) is 6.07 Å². The first kappa shape index (κ1) is 14.0. The summed E-state index contributed by atoms with van der Waals surface area (Å²) in [5.74, 6) is -0.772. The Morgan fingerprint density at radius 1 is 1.25 bits per heavy atom. The number of benzene rings is 1. The summed E-state index contributed by atoms with van der Waals surface area (Å²) in [6.45, 7) is 1.71. The topological polar surface area (TPSA) is 82.9 Å². The number of nitrogens with zero attached hydrogens (tertiary/aromatic N) is 2. The molecule has 1 aromatic carbocycles. The minimum atomic E-state index is -4.07. The van der Waals surface area contributed by atoms with Gasteiger partial charge in [-0.1, -0.05) is 12.1 Å². The highest BCUT2D eigenvalue weighted by molar-refractivity contribution is 7.92. The van der Waals surface area contributed by atoms with E-state index < -0.39 is 26.3 Å². The van der Waals surface area contributed by atoms with Crippen LogP contribution in [0.4, 0.5) is 10.2 Å². The van der Waals surface area contributed by atoms with Gasteiger partial charge in [-0.05, 0) is 31.2 Å².